The topological polar surface area (TPSA) is 58.6 Å². The number of nitrogens with one attached hydrogen (secondary N) is 1. The van der Waals surface area contributed by atoms with Crippen molar-refractivity contribution in [1.82, 2.24) is 4.90 Å². The van der Waals surface area contributed by atoms with Crippen LogP contribution in [-0.2, 0) is 17.7 Å². The smallest absolute Gasteiger partial charge is 0.341 e. The van der Waals surface area contributed by atoms with Crippen LogP contribution in [0.15, 0.2) is 29.2 Å². The first-order chi connectivity index (χ1) is 13.1. The van der Waals surface area contributed by atoms with Crippen molar-refractivity contribution in [3.63, 3.8) is 0 Å². The summed E-state index contributed by atoms with van der Waals surface area (Å²) in [6.45, 7) is 6.92. The average Bonchev–Trinajstić information content (AvgIpc) is 3.04. The maximum absolute atomic E-state index is 12.9. The molecule has 0 aliphatic carbocycles. The number of thioether (sulfide) groups is 1. The van der Waals surface area contributed by atoms with Gasteiger partial charge in [-0.15, -0.1) is 35.5 Å². The molecule has 0 fully saturated rings. The molecule has 0 radical (unpaired) electrons. The van der Waals surface area contributed by atoms with Crippen LogP contribution >= 0.6 is 35.5 Å². The van der Waals surface area contributed by atoms with E-state index in [0.717, 1.165) is 41.4 Å². The number of esters is 1. The molecule has 1 aliphatic heterocycles. The Morgan fingerprint density at radius 1 is 1.29 bits per heavy atom. The number of amides is 1. The minimum Gasteiger partial charge on any atom is -0.462 e. The molecule has 152 valence electrons. The van der Waals surface area contributed by atoms with Gasteiger partial charge in [0, 0.05) is 22.9 Å². The highest BCUT2D eigenvalue weighted by Crippen LogP contribution is 2.38. The van der Waals surface area contributed by atoms with Crippen LogP contribution < -0.4 is 5.32 Å². The first-order valence-corrected chi connectivity index (χ1v) is 11.1. The Kier molecular flexibility index (Phi) is 8.37. The number of rotatable bonds is 6. The second kappa shape index (κ2) is 10.3. The number of anilines is 1. The molecule has 28 heavy (non-hydrogen) atoms. The molecule has 2 heterocycles. The summed E-state index contributed by atoms with van der Waals surface area (Å²) in [5, 5.41) is 3.57. The quantitative estimate of drug-likeness (QED) is 0.521. The Balaban J connectivity index is 0.00000280. The molecule has 0 saturated heterocycles. The first-order valence-electron chi connectivity index (χ1n) is 9.07. The number of hydrogen-bond donors (Lipinski definition) is 1. The van der Waals surface area contributed by atoms with Gasteiger partial charge in [-0.3, -0.25) is 9.69 Å². The lowest BCUT2D eigenvalue weighted by Gasteiger charge is -2.25. The molecule has 1 N–H and O–H groups in total. The number of hydrogen-bond acceptors (Lipinski definition) is 6. The van der Waals surface area contributed by atoms with E-state index in [2.05, 4.69) is 17.1 Å². The van der Waals surface area contributed by atoms with Crippen molar-refractivity contribution >= 4 is 52.4 Å². The van der Waals surface area contributed by atoms with E-state index in [1.807, 2.05) is 24.5 Å². The Morgan fingerprint density at radius 3 is 2.71 bits per heavy atom. The largest absolute Gasteiger partial charge is 0.462 e. The summed E-state index contributed by atoms with van der Waals surface area (Å²) in [5.41, 5.74) is 2.17. The highest BCUT2D eigenvalue weighted by atomic mass is 35.5. The van der Waals surface area contributed by atoms with Crippen LogP contribution in [0.3, 0.4) is 0 Å². The number of thiophene rings is 1. The van der Waals surface area contributed by atoms with Crippen molar-refractivity contribution in [1.29, 1.82) is 0 Å². The molecular weight excluding hydrogens is 416 g/mol. The number of likely N-dealkylation sites (N-methyl/N-ethyl adjacent to an activating group) is 1. The lowest BCUT2D eigenvalue weighted by molar-refractivity contribution is 0.0526. The van der Waals surface area contributed by atoms with E-state index in [9.17, 15) is 9.59 Å². The molecule has 1 amide bonds. The molecule has 1 aliphatic rings. The van der Waals surface area contributed by atoms with Crippen LogP contribution in [0.5, 0.6) is 0 Å². The lowest BCUT2D eigenvalue weighted by atomic mass is 10.0. The van der Waals surface area contributed by atoms with E-state index in [0.29, 0.717) is 22.7 Å². The second-order valence-corrected chi connectivity index (χ2v) is 8.15. The molecule has 0 bridgehead atoms. The Morgan fingerprint density at radius 2 is 2.04 bits per heavy atom. The fraction of sp³-hybridized carbons (Fsp3) is 0.400. The van der Waals surface area contributed by atoms with Crippen molar-refractivity contribution < 1.29 is 14.3 Å². The fourth-order valence-electron chi connectivity index (χ4n) is 3.24. The van der Waals surface area contributed by atoms with Crippen LogP contribution in [0, 0.1) is 0 Å². The molecule has 8 heteroatoms. The Labute approximate surface area is 180 Å². The van der Waals surface area contributed by atoms with Crippen LogP contribution in [0.4, 0.5) is 5.00 Å². The van der Waals surface area contributed by atoms with Crippen molar-refractivity contribution in [2.45, 2.75) is 31.7 Å². The highest BCUT2D eigenvalue weighted by molar-refractivity contribution is 7.98. The zero-order valence-electron chi connectivity index (χ0n) is 16.2. The summed E-state index contributed by atoms with van der Waals surface area (Å²) in [5.74, 6) is -0.551. The summed E-state index contributed by atoms with van der Waals surface area (Å²) >= 11 is 3.02. The summed E-state index contributed by atoms with van der Waals surface area (Å²) in [7, 11) is 0. The summed E-state index contributed by atoms with van der Waals surface area (Å²) in [6.07, 6.45) is 2.74. The average molecular weight is 441 g/mol. The predicted octanol–water partition coefficient (Wildman–Crippen LogP) is 4.70. The molecule has 1 aromatic heterocycles. The lowest BCUT2D eigenvalue weighted by Crippen LogP contribution is -2.30. The number of ether oxygens (including phenoxy) is 1. The van der Waals surface area contributed by atoms with Gasteiger partial charge in [0.2, 0.25) is 0 Å². The van der Waals surface area contributed by atoms with E-state index >= 15 is 0 Å². The van der Waals surface area contributed by atoms with E-state index in [4.69, 9.17) is 4.74 Å². The molecule has 2 aromatic rings. The minimum atomic E-state index is -0.353. The summed E-state index contributed by atoms with van der Waals surface area (Å²) < 4.78 is 5.28. The highest BCUT2D eigenvalue weighted by Gasteiger charge is 2.29. The number of carbonyl (C=O) groups excluding carboxylic acids is 2. The monoisotopic (exact) mass is 440 g/mol. The molecule has 0 spiro atoms. The molecule has 0 unspecified atom stereocenters. The number of halogens is 1. The van der Waals surface area contributed by atoms with Gasteiger partial charge in [-0.2, -0.15) is 0 Å². The minimum absolute atomic E-state index is 0. The number of nitrogens with zero attached hydrogens (tertiary/aromatic N) is 1. The number of benzene rings is 1. The van der Waals surface area contributed by atoms with E-state index in [-0.39, 0.29) is 24.3 Å². The van der Waals surface area contributed by atoms with Crippen LogP contribution in [0.2, 0.25) is 0 Å². The van der Waals surface area contributed by atoms with Crippen LogP contribution in [-0.4, -0.2) is 42.7 Å². The molecule has 5 nitrogen and oxygen atoms in total. The maximum atomic E-state index is 12.9. The summed E-state index contributed by atoms with van der Waals surface area (Å²) in [4.78, 5) is 29.9. The van der Waals surface area contributed by atoms with Gasteiger partial charge >= 0.3 is 5.97 Å². The standard InChI is InChI=1S/C20H24N2O3S2.ClH/c1-4-22-11-10-13-16(12-22)27-19(17(13)20(24)25-5-2)21-18(23)14-8-6-7-9-15(14)26-3;/h6-9H,4-5,10-12H2,1-3H3,(H,21,23);1H. The van der Waals surface area contributed by atoms with E-state index < -0.39 is 0 Å². The van der Waals surface area contributed by atoms with Crippen molar-refractivity contribution in [2.75, 3.05) is 31.3 Å². The number of fused-ring (bicyclic) bond motifs is 1. The zero-order valence-corrected chi connectivity index (χ0v) is 18.7. The molecular formula is C20H25ClN2O3S2. The molecule has 0 atom stereocenters. The zero-order chi connectivity index (χ0) is 19.4. The van der Waals surface area contributed by atoms with Crippen molar-refractivity contribution in [2.24, 2.45) is 0 Å². The molecule has 1 aromatic carbocycles. The van der Waals surface area contributed by atoms with Gasteiger partial charge in [-0.1, -0.05) is 19.1 Å². The third-order valence-corrected chi connectivity index (χ3v) is 6.57. The third kappa shape index (κ3) is 4.71. The van der Waals surface area contributed by atoms with Gasteiger partial charge in [0.25, 0.3) is 5.91 Å². The van der Waals surface area contributed by atoms with Gasteiger partial charge in [-0.25, -0.2) is 4.79 Å². The van der Waals surface area contributed by atoms with Crippen molar-refractivity contribution in [3.05, 3.63) is 45.8 Å². The van der Waals surface area contributed by atoms with Crippen LogP contribution in [0.25, 0.3) is 0 Å². The Hall–Kier alpha value is -1.54. The Bertz CT molecular complexity index is 854. The third-order valence-electron chi connectivity index (χ3n) is 4.64. The normalized spacial score (nSPS) is 13.4. The van der Waals surface area contributed by atoms with Crippen LogP contribution in [0.1, 0.15) is 45.0 Å². The van der Waals surface area contributed by atoms with Gasteiger partial charge < -0.3 is 10.1 Å². The first kappa shape index (κ1) is 22.7. The SMILES string of the molecule is CCOC(=O)c1c(NC(=O)c2ccccc2SC)sc2c1CCN(CC)C2.Cl. The van der Waals surface area contributed by atoms with E-state index in [1.54, 1.807) is 13.0 Å². The number of carbonyl (C=O) groups is 2. The van der Waals surface area contributed by atoms with Gasteiger partial charge in [0.05, 0.1) is 17.7 Å². The van der Waals surface area contributed by atoms with Gasteiger partial charge in [0.1, 0.15) is 5.00 Å². The fourth-order valence-corrected chi connectivity index (χ4v) is 5.10. The molecule has 0 saturated carbocycles. The van der Waals surface area contributed by atoms with Crippen molar-refractivity contribution in [3.8, 4) is 0 Å². The summed E-state index contributed by atoms with van der Waals surface area (Å²) in [6, 6.07) is 7.48. The van der Waals surface area contributed by atoms with E-state index in [1.165, 1.54) is 23.1 Å². The van der Waals surface area contributed by atoms with Gasteiger partial charge in [0.15, 0.2) is 0 Å². The van der Waals surface area contributed by atoms with Gasteiger partial charge in [-0.05, 0) is 43.8 Å². The predicted molar refractivity (Wildman–Crippen MR) is 118 cm³/mol. The maximum Gasteiger partial charge on any atom is 0.341 e. The second-order valence-electron chi connectivity index (χ2n) is 6.20. The molecule has 3 rings (SSSR count).